The molecule has 4 heteroatoms. The Morgan fingerprint density at radius 2 is 1.94 bits per heavy atom. The lowest BCUT2D eigenvalue weighted by Gasteiger charge is -2.14. The van der Waals surface area contributed by atoms with Crippen LogP contribution in [0.5, 0.6) is 5.75 Å². The van der Waals surface area contributed by atoms with Crippen molar-refractivity contribution in [3.8, 4) is 17.0 Å². The summed E-state index contributed by atoms with van der Waals surface area (Å²) >= 11 is 1.47. The Labute approximate surface area is 112 Å². The van der Waals surface area contributed by atoms with Gasteiger partial charge >= 0.3 is 0 Å². The quantitative estimate of drug-likeness (QED) is 0.924. The molecule has 0 amide bonds. The van der Waals surface area contributed by atoms with Crippen LogP contribution in [-0.2, 0) is 6.54 Å². The zero-order chi connectivity index (χ0) is 13.3. The van der Waals surface area contributed by atoms with Crippen molar-refractivity contribution >= 4 is 11.5 Å². The van der Waals surface area contributed by atoms with E-state index in [-0.39, 0.29) is 0 Å². The second-order valence-electron chi connectivity index (χ2n) is 4.41. The van der Waals surface area contributed by atoms with Crippen molar-refractivity contribution in [2.45, 2.75) is 27.3 Å². The molecular formula is C14H18N2OS. The number of hydrogen-bond donors (Lipinski definition) is 1. The summed E-state index contributed by atoms with van der Waals surface area (Å²) in [5.41, 5.74) is 11.3. The summed E-state index contributed by atoms with van der Waals surface area (Å²) in [4.78, 5) is 1.11. The van der Waals surface area contributed by atoms with Gasteiger partial charge in [-0.15, -0.1) is 0 Å². The Morgan fingerprint density at radius 1 is 1.22 bits per heavy atom. The zero-order valence-corrected chi connectivity index (χ0v) is 12.0. The van der Waals surface area contributed by atoms with E-state index in [2.05, 4.69) is 37.3 Å². The summed E-state index contributed by atoms with van der Waals surface area (Å²) in [5.74, 6) is 0.963. The first-order valence-corrected chi connectivity index (χ1v) is 6.66. The molecule has 0 atom stereocenters. The number of benzene rings is 1. The van der Waals surface area contributed by atoms with Crippen LogP contribution in [-0.4, -0.2) is 11.5 Å². The lowest BCUT2D eigenvalue weighted by Crippen LogP contribution is -1.96. The first-order chi connectivity index (χ1) is 8.58. The number of ether oxygens (including phenoxy) is 1. The number of nitrogens with zero attached hydrogens (tertiary/aromatic N) is 1. The van der Waals surface area contributed by atoms with Crippen molar-refractivity contribution in [1.29, 1.82) is 0 Å². The van der Waals surface area contributed by atoms with Gasteiger partial charge in [0.05, 0.1) is 12.8 Å². The van der Waals surface area contributed by atoms with E-state index in [4.69, 9.17) is 10.5 Å². The summed E-state index contributed by atoms with van der Waals surface area (Å²) in [6.07, 6.45) is 0. The molecule has 1 aromatic carbocycles. The highest BCUT2D eigenvalue weighted by atomic mass is 32.1. The minimum atomic E-state index is 0.546. The monoisotopic (exact) mass is 262 g/mol. The van der Waals surface area contributed by atoms with Gasteiger partial charge in [-0.3, -0.25) is 0 Å². The maximum Gasteiger partial charge on any atom is 0.124 e. The molecule has 2 aromatic rings. The molecule has 1 heterocycles. The van der Waals surface area contributed by atoms with E-state index >= 15 is 0 Å². The molecule has 1 aromatic heterocycles. The molecule has 18 heavy (non-hydrogen) atoms. The molecule has 0 spiro atoms. The van der Waals surface area contributed by atoms with Gasteiger partial charge < -0.3 is 10.5 Å². The lowest BCUT2D eigenvalue weighted by molar-refractivity contribution is 0.408. The number of aromatic nitrogens is 1. The number of aryl methyl sites for hydroxylation is 1. The zero-order valence-electron chi connectivity index (χ0n) is 11.2. The van der Waals surface area contributed by atoms with Crippen LogP contribution >= 0.6 is 11.5 Å². The Kier molecular flexibility index (Phi) is 3.68. The molecule has 0 radical (unpaired) electrons. The average molecular weight is 262 g/mol. The Balaban J connectivity index is 2.58. The highest BCUT2D eigenvalue weighted by Crippen LogP contribution is 2.34. The maximum atomic E-state index is 5.64. The molecule has 2 N–H and O–H groups in total. The number of methoxy groups -OCH3 is 1. The predicted octanol–water partition coefficient (Wildman–Crippen LogP) is 3.20. The van der Waals surface area contributed by atoms with Gasteiger partial charge in [0.25, 0.3) is 0 Å². The van der Waals surface area contributed by atoms with Gasteiger partial charge in [-0.1, -0.05) is 0 Å². The normalized spacial score (nSPS) is 10.7. The van der Waals surface area contributed by atoms with E-state index in [1.54, 1.807) is 7.11 Å². The van der Waals surface area contributed by atoms with Crippen LogP contribution in [0.1, 0.15) is 21.6 Å². The van der Waals surface area contributed by atoms with E-state index in [9.17, 15) is 0 Å². The Hall–Kier alpha value is -1.39. The molecule has 0 unspecified atom stereocenters. The molecule has 3 nitrogen and oxygen atoms in total. The van der Waals surface area contributed by atoms with Gasteiger partial charge in [-0.25, -0.2) is 0 Å². The number of nitrogens with two attached hydrogens (primary N) is 1. The first kappa shape index (κ1) is 13.1. The van der Waals surface area contributed by atoms with Gasteiger partial charge in [0.1, 0.15) is 5.75 Å². The third kappa shape index (κ3) is 2.13. The largest absolute Gasteiger partial charge is 0.496 e. The number of rotatable bonds is 3. The highest BCUT2D eigenvalue weighted by Gasteiger charge is 2.13. The molecule has 0 saturated heterocycles. The van der Waals surface area contributed by atoms with Crippen LogP contribution in [0.25, 0.3) is 11.3 Å². The predicted molar refractivity (Wildman–Crippen MR) is 76.2 cm³/mol. The molecule has 0 aliphatic rings. The second-order valence-corrected chi connectivity index (χ2v) is 5.30. The van der Waals surface area contributed by atoms with Crippen LogP contribution in [0, 0.1) is 20.8 Å². The summed E-state index contributed by atoms with van der Waals surface area (Å²) in [7, 11) is 1.71. The molecule has 0 aliphatic carbocycles. The fraction of sp³-hybridized carbons (Fsp3) is 0.357. The Bertz CT molecular complexity index is 575. The van der Waals surface area contributed by atoms with Crippen LogP contribution in [0.4, 0.5) is 0 Å². The molecule has 2 rings (SSSR count). The van der Waals surface area contributed by atoms with Crippen LogP contribution in [0.3, 0.4) is 0 Å². The van der Waals surface area contributed by atoms with E-state index in [0.29, 0.717) is 6.54 Å². The SMILES string of the molecule is COc1c(C)cc(-c2cc(CN)sn2)c(C)c1C. The fourth-order valence-electron chi connectivity index (χ4n) is 2.17. The third-order valence-corrected chi connectivity index (χ3v) is 4.07. The number of hydrogen-bond acceptors (Lipinski definition) is 4. The average Bonchev–Trinajstić information content (AvgIpc) is 2.83. The Morgan fingerprint density at radius 3 is 2.50 bits per heavy atom. The van der Waals surface area contributed by atoms with Crippen molar-refractivity contribution in [1.82, 2.24) is 4.37 Å². The molecule has 0 saturated carbocycles. The van der Waals surface area contributed by atoms with E-state index in [1.165, 1.54) is 28.2 Å². The minimum Gasteiger partial charge on any atom is -0.496 e. The molecular weight excluding hydrogens is 244 g/mol. The van der Waals surface area contributed by atoms with Gasteiger partial charge in [0.2, 0.25) is 0 Å². The van der Waals surface area contributed by atoms with E-state index in [0.717, 1.165) is 21.9 Å². The minimum absolute atomic E-state index is 0.546. The lowest BCUT2D eigenvalue weighted by atomic mass is 9.96. The smallest absolute Gasteiger partial charge is 0.124 e. The van der Waals surface area contributed by atoms with Crippen molar-refractivity contribution in [3.63, 3.8) is 0 Å². The van der Waals surface area contributed by atoms with Gasteiger partial charge in [-0.2, -0.15) is 4.37 Å². The van der Waals surface area contributed by atoms with E-state index in [1.807, 2.05) is 0 Å². The summed E-state index contributed by atoms with van der Waals surface area (Å²) < 4.78 is 9.91. The van der Waals surface area contributed by atoms with Crippen LogP contribution in [0.2, 0.25) is 0 Å². The van der Waals surface area contributed by atoms with Crippen molar-refractivity contribution in [3.05, 3.63) is 33.7 Å². The summed E-state index contributed by atoms with van der Waals surface area (Å²) in [6.45, 7) is 6.80. The summed E-state index contributed by atoms with van der Waals surface area (Å²) in [6, 6.07) is 4.20. The first-order valence-electron chi connectivity index (χ1n) is 5.89. The van der Waals surface area contributed by atoms with Crippen molar-refractivity contribution in [2.24, 2.45) is 5.73 Å². The standard InChI is InChI=1S/C14H18N2OS/c1-8-5-12(9(2)10(3)14(8)17-4)13-6-11(7-15)18-16-13/h5-6H,7,15H2,1-4H3. The van der Waals surface area contributed by atoms with Crippen molar-refractivity contribution in [2.75, 3.05) is 7.11 Å². The van der Waals surface area contributed by atoms with Gasteiger partial charge in [0.15, 0.2) is 0 Å². The highest BCUT2D eigenvalue weighted by molar-refractivity contribution is 7.06. The van der Waals surface area contributed by atoms with Crippen LogP contribution < -0.4 is 10.5 Å². The van der Waals surface area contributed by atoms with Crippen molar-refractivity contribution < 1.29 is 4.74 Å². The summed E-state index contributed by atoms with van der Waals surface area (Å²) in [5, 5.41) is 0. The second kappa shape index (κ2) is 5.08. The van der Waals surface area contributed by atoms with E-state index < -0.39 is 0 Å². The van der Waals surface area contributed by atoms with Gasteiger partial charge in [-0.05, 0) is 61.1 Å². The third-order valence-electron chi connectivity index (χ3n) is 3.27. The molecule has 96 valence electrons. The van der Waals surface area contributed by atoms with Gasteiger partial charge in [0, 0.05) is 17.0 Å². The fourth-order valence-corrected chi connectivity index (χ4v) is 2.78. The molecule has 0 aliphatic heterocycles. The molecule has 0 fully saturated rings. The van der Waals surface area contributed by atoms with Crippen LogP contribution in [0.15, 0.2) is 12.1 Å². The molecule has 0 bridgehead atoms. The maximum absolute atomic E-state index is 5.64. The topological polar surface area (TPSA) is 48.1 Å².